The number of likely N-dealkylation sites (tertiary alicyclic amines) is 1. The zero-order valence-electron chi connectivity index (χ0n) is 9.94. The molecule has 0 saturated carbocycles. The van der Waals surface area contributed by atoms with Gasteiger partial charge in [-0.25, -0.2) is 8.78 Å². The summed E-state index contributed by atoms with van der Waals surface area (Å²) in [5.74, 6) is -0.989. The summed E-state index contributed by atoms with van der Waals surface area (Å²) >= 11 is 0. The summed E-state index contributed by atoms with van der Waals surface area (Å²) in [7, 11) is 0. The quantitative estimate of drug-likeness (QED) is 0.910. The second-order valence-corrected chi connectivity index (χ2v) is 4.35. The van der Waals surface area contributed by atoms with Crippen molar-refractivity contribution in [1.82, 2.24) is 4.90 Å². The van der Waals surface area contributed by atoms with E-state index in [0.717, 1.165) is 32.0 Å². The smallest absolute Gasteiger partial charge is 0.130 e. The zero-order valence-corrected chi connectivity index (χ0v) is 11.6. The fraction of sp³-hybridized carbons (Fsp3) is 0.500. The number of hydrogen-bond acceptors (Lipinski definition) is 2. The van der Waals surface area contributed by atoms with Crippen molar-refractivity contribution in [2.75, 3.05) is 13.1 Å². The van der Waals surface area contributed by atoms with Crippen LogP contribution in [-0.2, 0) is 6.54 Å². The Morgan fingerprint density at radius 1 is 1.17 bits per heavy atom. The molecular formula is C12H18Cl2F2N2. The summed E-state index contributed by atoms with van der Waals surface area (Å²) < 4.78 is 26.1. The molecule has 0 radical (unpaired) electrons. The van der Waals surface area contributed by atoms with Gasteiger partial charge in [0.15, 0.2) is 0 Å². The number of piperidine rings is 1. The molecule has 2 nitrogen and oxygen atoms in total. The molecule has 2 N–H and O–H groups in total. The molecule has 0 atom stereocenters. The van der Waals surface area contributed by atoms with Gasteiger partial charge in [-0.1, -0.05) is 6.07 Å². The maximum Gasteiger partial charge on any atom is 0.130 e. The van der Waals surface area contributed by atoms with E-state index in [2.05, 4.69) is 4.90 Å². The lowest BCUT2D eigenvalue weighted by atomic mass is 10.1. The van der Waals surface area contributed by atoms with Crippen molar-refractivity contribution in [3.63, 3.8) is 0 Å². The van der Waals surface area contributed by atoms with Crippen LogP contribution < -0.4 is 5.73 Å². The van der Waals surface area contributed by atoms with Gasteiger partial charge in [0, 0.05) is 24.2 Å². The first-order valence-corrected chi connectivity index (χ1v) is 5.57. The van der Waals surface area contributed by atoms with E-state index < -0.39 is 11.6 Å². The summed E-state index contributed by atoms with van der Waals surface area (Å²) in [5, 5.41) is 0. The largest absolute Gasteiger partial charge is 0.328 e. The van der Waals surface area contributed by atoms with E-state index >= 15 is 0 Å². The van der Waals surface area contributed by atoms with Crippen LogP contribution in [-0.4, -0.2) is 24.0 Å². The lowest BCUT2D eigenvalue weighted by molar-refractivity contribution is 0.203. The molecule has 1 aromatic carbocycles. The Hall–Kier alpha value is -0.420. The molecule has 18 heavy (non-hydrogen) atoms. The van der Waals surface area contributed by atoms with E-state index in [1.165, 1.54) is 12.1 Å². The molecule has 1 heterocycles. The molecule has 0 amide bonds. The first-order valence-electron chi connectivity index (χ1n) is 5.57. The summed E-state index contributed by atoms with van der Waals surface area (Å²) in [5.41, 5.74) is 6.34. The molecule has 0 spiro atoms. The SMILES string of the molecule is Cl.Cl.NC1CCN(Cc2ccc(F)cc2F)CC1. The first kappa shape index (κ1) is 17.6. The minimum absolute atomic E-state index is 0. The number of rotatable bonds is 2. The van der Waals surface area contributed by atoms with Crippen molar-refractivity contribution in [3.05, 3.63) is 35.4 Å². The number of nitrogens with zero attached hydrogens (tertiary/aromatic N) is 1. The van der Waals surface area contributed by atoms with Crippen molar-refractivity contribution < 1.29 is 8.78 Å². The van der Waals surface area contributed by atoms with Crippen molar-refractivity contribution >= 4 is 24.8 Å². The molecule has 6 heteroatoms. The Balaban J connectivity index is 0.00000144. The Morgan fingerprint density at radius 2 is 1.78 bits per heavy atom. The van der Waals surface area contributed by atoms with Crippen LogP contribution in [0, 0.1) is 11.6 Å². The van der Waals surface area contributed by atoms with Crippen molar-refractivity contribution in [3.8, 4) is 0 Å². The number of nitrogens with two attached hydrogens (primary N) is 1. The minimum Gasteiger partial charge on any atom is -0.328 e. The molecule has 0 unspecified atom stereocenters. The second-order valence-electron chi connectivity index (χ2n) is 4.35. The average molecular weight is 299 g/mol. The van der Waals surface area contributed by atoms with Crippen molar-refractivity contribution in [2.24, 2.45) is 5.73 Å². The Kier molecular flexibility index (Phi) is 7.71. The van der Waals surface area contributed by atoms with E-state index in [1.807, 2.05) is 0 Å². The molecule has 2 rings (SSSR count). The molecule has 1 aliphatic rings. The standard InChI is InChI=1S/C12H16F2N2.2ClH/c13-10-2-1-9(12(14)7-10)8-16-5-3-11(15)4-6-16;;/h1-2,7,11H,3-6,8,15H2;2*1H. The third kappa shape index (κ3) is 4.69. The highest BCUT2D eigenvalue weighted by molar-refractivity contribution is 5.85. The normalized spacial score (nSPS) is 16.8. The van der Waals surface area contributed by atoms with Crippen LogP contribution in [0.15, 0.2) is 18.2 Å². The average Bonchev–Trinajstić information content (AvgIpc) is 2.25. The van der Waals surface area contributed by atoms with Crippen molar-refractivity contribution in [2.45, 2.75) is 25.4 Å². The Labute approximate surface area is 118 Å². The summed E-state index contributed by atoms with van der Waals surface area (Å²) in [6, 6.07) is 4.02. The van der Waals surface area contributed by atoms with E-state index in [9.17, 15) is 8.78 Å². The Morgan fingerprint density at radius 3 is 2.33 bits per heavy atom. The van der Waals surface area contributed by atoms with Crippen LogP contribution >= 0.6 is 24.8 Å². The highest BCUT2D eigenvalue weighted by Crippen LogP contribution is 2.15. The lowest BCUT2D eigenvalue weighted by Crippen LogP contribution is -2.39. The zero-order chi connectivity index (χ0) is 11.5. The summed E-state index contributed by atoms with van der Waals surface area (Å²) in [6.45, 7) is 2.31. The van der Waals surface area contributed by atoms with Gasteiger partial charge in [0.2, 0.25) is 0 Å². The predicted octanol–water partition coefficient (Wildman–Crippen LogP) is 2.73. The fourth-order valence-corrected chi connectivity index (χ4v) is 2.00. The van der Waals surface area contributed by atoms with Crippen LogP contribution in [0.2, 0.25) is 0 Å². The van der Waals surface area contributed by atoms with E-state index in [0.29, 0.717) is 12.1 Å². The van der Waals surface area contributed by atoms with Crippen LogP contribution in [0.1, 0.15) is 18.4 Å². The molecular weight excluding hydrogens is 281 g/mol. The van der Waals surface area contributed by atoms with Gasteiger partial charge in [0.1, 0.15) is 11.6 Å². The highest BCUT2D eigenvalue weighted by atomic mass is 35.5. The second kappa shape index (κ2) is 7.89. The summed E-state index contributed by atoms with van der Waals surface area (Å²) in [6.07, 6.45) is 1.89. The maximum absolute atomic E-state index is 13.4. The van der Waals surface area contributed by atoms with Gasteiger partial charge in [-0.05, 0) is 32.0 Å². The molecule has 1 aromatic rings. The molecule has 0 aromatic heterocycles. The van der Waals surface area contributed by atoms with Gasteiger partial charge in [-0.3, -0.25) is 4.90 Å². The van der Waals surface area contributed by atoms with Crippen LogP contribution in [0.3, 0.4) is 0 Å². The molecule has 1 fully saturated rings. The molecule has 0 aliphatic carbocycles. The van der Waals surface area contributed by atoms with Gasteiger partial charge < -0.3 is 5.73 Å². The van der Waals surface area contributed by atoms with Crippen LogP contribution in [0.5, 0.6) is 0 Å². The topological polar surface area (TPSA) is 29.3 Å². The van der Waals surface area contributed by atoms with Crippen molar-refractivity contribution in [1.29, 1.82) is 0 Å². The minimum atomic E-state index is -0.526. The predicted molar refractivity (Wildman–Crippen MR) is 73.3 cm³/mol. The van der Waals surface area contributed by atoms with E-state index in [4.69, 9.17) is 5.73 Å². The molecule has 0 bridgehead atoms. The first-order chi connectivity index (χ1) is 7.65. The molecule has 1 saturated heterocycles. The van der Waals surface area contributed by atoms with Gasteiger partial charge in [0.05, 0.1) is 0 Å². The number of benzene rings is 1. The number of halogens is 4. The van der Waals surface area contributed by atoms with Gasteiger partial charge >= 0.3 is 0 Å². The van der Waals surface area contributed by atoms with Gasteiger partial charge in [0.25, 0.3) is 0 Å². The van der Waals surface area contributed by atoms with Crippen LogP contribution in [0.25, 0.3) is 0 Å². The third-order valence-electron chi connectivity index (χ3n) is 3.04. The van der Waals surface area contributed by atoms with E-state index in [-0.39, 0.29) is 30.9 Å². The van der Waals surface area contributed by atoms with Gasteiger partial charge in [-0.15, -0.1) is 24.8 Å². The maximum atomic E-state index is 13.4. The fourth-order valence-electron chi connectivity index (χ4n) is 2.00. The molecule has 1 aliphatic heterocycles. The van der Waals surface area contributed by atoms with Gasteiger partial charge in [-0.2, -0.15) is 0 Å². The number of hydrogen-bond donors (Lipinski definition) is 1. The molecule has 104 valence electrons. The third-order valence-corrected chi connectivity index (χ3v) is 3.04. The lowest BCUT2D eigenvalue weighted by Gasteiger charge is -2.30. The Bertz CT molecular complexity index is 369. The summed E-state index contributed by atoms with van der Waals surface area (Å²) in [4.78, 5) is 2.15. The monoisotopic (exact) mass is 298 g/mol. The van der Waals surface area contributed by atoms with E-state index in [1.54, 1.807) is 0 Å². The highest BCUT2D eigenvalue weighted by Gasteiger charge is 2.17. The van der Waals surface area contributed by atoms with Crippen LogP contribution in [0.4, 0.5) is 8.78 Å².